The van der Waals surface area contributed by atoms with Crippen LogP contribution < -0.4 is 15.9 Å². The Kier molecular flexibility index (Phi) is 3.78. The molecule has 4 aromatic rings. The Bertz CT molecular complexity index is 946. The second-order valence-electron chi connectivity index (χ2n) is 6.32. The van der Waals surface area contributed by atoms with Crippen LogP contribution in [0.3, 0.4) is 0 Å². The van der Waals surface area contributed by atoms with Gasteiger partial charge < -0.3 is 0 Å². The summed E-state index contributed by atoms with van der Waals surface area (Å²) in [6, 6.07) is 30.5. The van der Waals surface area contributed by atoms with E-state index in [-0.39, 0.29) is 0 Å². The molecule has 3 heteroatoms. The fraction of sp³-hybridized carbons (Fsp3) is 0.0476. The van der Waals surface area contributed by atoms with E-state index in [0.717, 1.165) is 0 Å². The predicted octanol–water partition coefficient (Wildman–Crippen LogP) is 4.98. The first-order valence-corrected chi connectivity index (χ1v) is 13.5. The third kappa shape index (κ3) is 2.24. The summed E-state index contributed by atoms with van der Waals surface area (Å²) in [5, 5.41) is 5.54. The number of benzene rings is 3. The molecule has 0 radical (unpaired) electrons. The summed E-state index contributed by atoms with van der Waals surface area (Å²) in [7, 11) is 0. The molecular formula is C21H19INP. The van der Waals surface area contributed by atoms with Crippen molar-refractivity contribution in [2.24, 2.45) is 0 Å². The molecular weight excluding hydrogens is 424 g/mol. The molecule has 120 valence electrons. The molecule has 0 aliphatic heterocycles. The summed E-state index contributed by atoms with van der Waals surface area (Å²) in [4.78, 5) is 3.49. The molecule has 1 heterocycles. The van der Waals surface area contributed by atoms with E-state index in [1.807, 2.05) is 0 Å². The fourth-order valence-electron chi connectivity index (χ4n) is 3.49. The molecule has 3 aromatic carbocycles. The van der Waals surface area contributed by atoms with Gasteiger partial charge in [-0.15, -0.1) is 0 Å². The minimum atomic E-state index is -2.55. The average Bonchev–Trinajstić information content (AvgIpc) is 3.09. The van der Waals surface area contributed by atoms with Crippen LogP contribution in [0.5, 0.6) is 0 Å². The monoisotopic (exact) mass is 443 g/mol. The van der Waals surface area contributed by atoms with Gasteiger partial charge in [-0.2, -0.15) is 0 Å². The van der Waals surface area contributed by atoms with Gasteiger partial charge in [0.2, 0.25) is 0 Å². The van der Waals surface area contributed by atoms with Crippen molar-refractivity contribution < 1.29 is 0 Å². The molecule has 1 aromatic heterocycles. The van der Waals surface area contributed by atoms with E-state index in [0.29, 0.717) is 0 Å². The molecule has 1 nitrogen and oxygen atoms in total. The van der Waals surface area contributed by atoms with E-state index in [9.17, 15) is 0 Å². The van der Waals surface area contributed by atoms with E-state index < -0.39 is 4.25 Å². The maximum atomic E-state index is 3.49. The van der Waals surface area contributed by atoms with Crippen molar-refractivity contribution in [2.45, 2.75) is 0 Å². The first kappa shape index (κ1) is 15.9. The first-order valence-electron chi connectivity index (χ1n) is 8.01. The number of aromatic amines is 1. The summed E-state index contributed by atoms with van der Waals surface area (Å²) < 4.78 is -2.55. The first-order chi connectivity index (χ1) is 11.6. The van der Waals surface area contributed by atoms with Crippen LogP contribution >= 0.6 is 26.3 Å². The van der Waals surface area contributed by atoms with E-state index in [4.69, 9.17) is 0 Å². The Morgan fingerprint density at radius 3 is 1.79 bits per heavy atom. The quantitative estimate of drug-likeness (QED) is 0.340. The molecule has 0 saturated heterocycles. The van der Waals surface area contributed by atoms with E-state index in [1.54, 1.807) is 0 Å². The Morgan fingerprint density at radius 1 is 0.708 bits per heavy atom. The third-order valence-corrected chi connectivity index (χ3v) is 14.4. The van der Waals surface area contributed by atoms with Crippen molar-refractivity contribution >= 4 is 53.1 Å². The molecule has 0 fully saturated rings. The van der Waals surface area contributed by atoms with Gasteiger partial charge >= 0.3 is 156 Å². The van der Waals surface area contributed by atoms with Crippen LogP contribution in [0.4, 0.5) is 0 Å². The molecule has 0 atom stereocenters. The molecule has 0 bridgehead atoms. The van der Waals surface area contributed by atoms with Crippen LogP contribution in [0.25, 0.3) is 10.9 Å². The van der Waals surface area contributed by atoms with Gasteiger partial charge in [0, 0.05) is 0 Å². The van der Waals surface area contributed by atoms with Gasteiger partial charge in [-0.3, -0.25) is 0 Å². The van der Waals surface area contributed by atoms with Crippen LogP contribution in [0, 0.1) is 0 Å². The van der Waals surface area contributed by atoms with Crippen molar-refractivity contribution in [2.75, 3.05) is 6.66 Å². The van der Waals surface area contributed by atoms with Crippen LogP contribution in [0.15, 0.2) is 91.1 Å². The number of H-pyrrole nitrogens is 1. The van der Waals surface area contributed by atoms with Gasteiger partial charge in [0.15, 0.2) is 0 Å². The SMILES string of the molecule is CP(I)(c1ccccc1)(c1ccccc1)c1c[nH]c2ccccc12. The van der Waals surface area contributed by atoms with Crippen LogP contribution in [0.2, 0.25) is 0 Å². The molecule has 0 unspecified atom stereocenters. The third-order valence-electron chi connectivity index (χ3n) is 4.88. The Balaban J connectivity index is 2.13. The predicted molar refractivity (Wildman–Crippen MR) is 117 cm³/mol. The van der Waals surface area contributed by atoms with E-state index in [2.05, 4.69) is 125 Å². The second kappa shape index (κ2) is 5.72. The molecule has 0 spiro atoms. The van der Waals surface area contributed by atoms with Crippen molar-refractivity contribution in [1.29, 1.82) is 0 Å². The van der Waals surface area contributed by atoms with Crippen LogP contribution in [-0.4, -0.2) is 11.6 Å². The summed E-state index contributed by atoms with van der Waals surface area (Å²) >= 11 is 2.76. The summed E-state index contributed by atoms with van der Waals surface area (Å²) in [6.07, 6.45) is 2.22. The number of hydrogen-bond acceptors (Lipinski definition) is 0. The van der Waals surface area contributed by atoms with Gasteiger partial charge in [0.1, 0.15) is 0 Å². The zero-order chi connectivity index (χ0) is 16.6. The number of rotatable bonds is 3. The molecule has 1 N–H and O–H groups in total. The van der Waals surface area contributed by atoms with Crippen molar-refractivity contribution in [3.63, 3.8) is 0 Å². The zero-order valence-electron chi connectivity index (χ0n) is 13.5. The second-order valence-corrected chi connectivity index (χ2v) is 17.9. The van der Waals surface area contributed by atoms with E-state index >= 15 is 0 Å². The molecule has 0 saturated carbocycles. The summed E-state index contributed by atoms with van der Waals surface area (Å²) in [6.45, 7) is 2.45. The standard InChI is InChI=1S/C21H19INP/c1-24(22,17-10-4-2-5-11-17,18-12-6-3-7-13-18)21-16-23-20-15-9-8-14-19(20)21/h2-16,23H,1H3. The van der Waals surface area contributed by atoms with Crippen molar-refractivity contribution in [1.82, 2.24) is 4.98 Å². The van der Waals surface area contributed by atoms with Gasteiger partial charge in [0.25, 0.3) is 0 Å². The normalized spacial score (nSPS) is 13.5. The fourth-order valence-corrected chi connectivity index (χ4v) is 10.4. The number of aromatic nitrogens is 1. The number of nitrogens with one attached hydrogen (secondary N) is 1. The summed E-state index contributed by atoms with van der Waals surface area (Å²) in [5.41, 5.74) is 1.20. The van der Waals surface area contributed by atoms with Crippen molar-refractivity contribution in [3.8, 4) is 0 Å². The molecule has 0 aliphatic rings. The zero-order valence-corrected chi connectivity index (χ0v) is 16.5. The van der Waals surface area contributed by atoms with Gasteiger partial charge in [-0.05, 0) is 0 Å². The Labute approximate surface area is 155 Å². The number of fused-ring (bicyclic) bond motifs is 1. The van der Waals surface area contributed by atoms with Gasteiger partial charge in [-0.1, -0.05) is 0 Å². The Hall–Kier alpha value is -1.64. The Morgan fingerprint density at radius 2 is 1.21 bits per heavy atom. The maximum absolute atomic E-state index is 3.49. The number of halogens is 1. The molecule has 0 aliphatic carbocycles. The minimum absolute atomic E-state index is 1.20. The molecule has 4 rings (SSSR count). The average molecular weight is 443 g/mol. The molecule has 24 heavy (non-hydrogen) atoms. The number of para-hydroxylation sites is 1. The van der Waals surface area contributed by atoms with Crippen LogP contribution in [0.1, 0.15) is 0 Å². The van der Waals surface area contributed by atoms with Gasteiger partial charge in [0.05, 0.1) is 0 Å². The van der Waals surface area contributed by atoms with Gasteiger partial charge in [-0.25, -0.2) is 0 Å². The molecule has 0 amide bonds. The van der Waals surface area contributed by atoms with Crippen molar-refractivity contribution in [3.05, 3.63) is 91.1 Å². The van der Waals surface area contributed by atoms with Crippen LogP contribution in [-0.2, 0) is 0 Å². The summed E-state index contributed by atoms with van der Waals surface area (Å²) in [5.74, 6) is 0. The topological polar surface area (TPSA) is 15.8 Å². The number of hydrogen-bond donors (Lipinski definition) is 1. The van der Waals surface area contributed by atoms with E-state index in [1.165, 1.54) is 26.8 Å².